The van der Waals surface area contributed by atoms with E-state index >= 15 is 0 Å². The summed E-state index contributed by atoms with van der Waals surface area (Å²) in [6, 6.07) is 13.0. The minimum absolute atomic E-state index is 0.250. The molecule has 0 N–H and O–H groups in total. The molecule has 0 aliphatic carbocycles. The van der Waals surface area contributed by atoms with Gasteiger partial charge >= 0.3 is 0 Å². The van der Waals surface area contributed by atoms with Gasteiger partial charge in [-0.2, -0.15) is 0 Å². The van der Waals surface area contributed by atoms with E-state index in [1.807, 2.05) is 6.07 Å². The molecule has 3 rings (SSSR count). The Kier molecular flexibility index (Phi) is 3.80. The number of thiazole rings is 1. The van der Waals surface area contributed by atoms with Crippen LogP contribution in [-0.4, -0.2) is 9.97 Å². The average molecular weight is 297 g/mol. The number of rotatable bonds is 3. The van der Waals surface area contributed by atoms with Gasteiger partial charge in [-0.1, -0.05) is 13.8 Å². The van der Waals surface area contributed by atoms with Gasteiger partial charge in [-0.25, -0.2) is 14.4 Å². The summed E-state index contributed by atoms with van der Waals surface area (Å²) in [5.74, 6) is 0.152. The van der Waals surface area contributed by atoms with Crippen molar-refractivity contribution in [3.8, 4) is 22.0 Å². The van der Waals surface area contributed by atoms with Gasteiger partial charge in [0, 0.05) is 10.9 Å². The van der Waals surface area contributed by atoms with Crippen LogP contribution in [-0.2, 0) is 0 Å². The highest BCUT2D eigenvalue weighted by Crippen LogP contribution is 2.27. The highest BCUT2D eigenvalue weighted by atomic mass is 32.1. The van der Waals surface area contributed by atoms with E-state index in [0.717, 1.165) is 27.7 Å². The largest absolute Gasteiger partial charge is 0.245 e. The topological polar surface area (TPSA) is 25.8 Å². The van der Waals surface area contributed by atoms with Crippen LogP contribution in [0.25, 0.3) is 22.0 Å². The van der Waals surface area contributed by atoms with Crippen molar-refractivity contribution >= 4 is 11.3 Å². The molecular weight excluding hydrogens is 283 g/mol. The third-order valence-corrected chi connectivity index (χ3v) is 4.04. The van der Waals surface area contributed by atoms with Crippen molar-refractivity contribution in [3.63, 3.8) is 0 Å². The molecule has 0 saturated carbocycles. The summed E-state index contributed by atoms with van der Waals surface area (Å²) in [7, 11) is 0. The molecule has 0 amide bonds. The lowest BCUT2D eigenvalue weighted by Crippen LogP contribution is -1.90. The summed E-state index contributed by atoms with van der Waals surface area (Å²) in [6.07, 6.45) is 0. The van der Waals surface area contributed by atoms with Crippen LogP contribution in [0.15, 0.2) is 41.8 Å². The van der Waals surface area contributed by atoms with Crippen LogP contribution in [0.2, 0.25) is 0 Å². The van der Waals surface area contributed by atoms with Gasteiger partial charge < -0.3 is 0 Å². The lowest BCUT2D eigenvalue weighted by molar-refractivity contribution is 0.628. The molecule has 4 heteroatoms. The fourth-order valence-corrected chi connectivity index (χ4v) is 2.88. The summed E-state index contributed by atoms with van der Waals surface area (Å²) < 4.78 is 13.0. The van der Waals surface area contributed by atoms with Crippen LogP contribution in [0.3, 0.4) is 0 Å². The predicted molar refractivity (Wildman–Crippen MR) is 83.7 cm³/mol. The summed E-state index contributed by atoms with van der Waals surface area (Å²) in [5.41, 5.74) is 3.52. The van der Waals surface area contributed by atoms with Crippen LogP contribution in [0.4, 0.5) is 4.39 Å². The fraction of sp³-hybridized carbons (Fsp3) is 0.176. The molecule has 0 spiro atoms. The second kappa shape index (κ2) is 5.74. The Labute approximate surface area is 127 Å². The molecule has 0 saturated heterocycles. The number of hydrogen-bond donors (Lipinski definition) is 0. The van der Waals surface area contributed by atoms with Crippen LogP contribution >= 0.6 is 11.3 Å². The molecule has 1 radical (unpaired) electrons. The van der Waals surface area contributed by atoms with Gasteiger partial charge in [-0.05, 0) is 48.4 Å². The molecule has 21 heavy (non-hydrogen) atoms. The van der Waals surface area contributed by atoms with Gasteiger partial charge in [0.15, 0.2) is 0 Å². The van der Waals surface area contributed by atoms with E-state index in [0.29, 0.717) is 5.92 Å². The smallest absolute Gasteiger partial charge is 0.142 e. The maximum Gasteiger partial charge on any atom is 0.142 e. The van der Waals surface area contributed by atoms with Crippen molar-refractivity contribution in [2.75, 3.05) is 0 Å². The second-order valence-corrected chi connectivity index (χ2v) is 5.93. The van der Waals surface area contributed by atoms with E-state index in [4.69, 9.17) is 0 Å². The zero-order valence-electron chi connectivity index (χ0n) is 11.8. The van der Waals surface area contributed by atoms with Gasteiger partial charge in [-0.3, -0.25) is 0 Å². The summed E-state index contributed by atoms with van der Waals surface area (Å²) >= 11 is 1.58. The van der Waals surface area contributed by atoms with Crippen molar-refractivity contribution in [2.45, 2.75) is 19.8 Å². The van der Waals surface area contributed by atoms with E-state index in [1.54, 1.807) is 29.5 Å². The Balaban J connectivity index is 1.97. The standard InChI is InChI=1S/C17H14FN2S/c1-11(2)16-10-21-17(20-16)15-5-3-4-14(19-15)12-6-8-13(18)9-7-12/h4-11H,1-2H3. The van der Waals surface area contributed by atoms with E-state index in [-0.39, 0.29) is 5.82 Å². The Morgan fingerprint density at radius 1 is 1.05 bits per heavy atom. The van der Waals surface area contributed by atoms with Crippen LogP contribution in [0.1, 0.15) is 25.5 Å². The number of pyridine rings is 1. The fourth-order valence-electron chi connectivity index (χ4n) is 1.94. The van der Waals surface area contributed by atoms with Crippen molar-refractivity contribution in [2.24, 2.45) is 0 Å². The number of nitrogens with zero attached hydrogens (tertiary/aromatic N) is 2. The minimum Gasteiger partial charge on any atom is -0.245 e. The third kappa shape index (κ3) is 3.00. The molecule has 0 bridgehead atoms. The summed E-state index contributed by atoms with van der Waals surface area (Å²) in [6.45, 7) is 4.24. The lowest BCUT2D eigenvalue weighted by Gasteiger charge is -2.03. The number of hydrogen-bond acceptors (Lipinski definition) is 3. The first-order valence-electron chi connectivity index (χ1n) is 6.73. The molecule has 0 aliphatic rings. The molecule has 105 valence electrons. The van der Waals surface area contributed by atoms with Crippen LogP contribution in [0.5, 0.6) is 0 Å². The zero-order valence-corrected chi connectivity index (χ0v) is 12.6. The Morgan fingerprint density at radius 3 is 2.43 bits per heavy atom. The Morgan fingerprint density at radius 2 is 1.76 bits per heavy atom. The maximum absolute atomic E-state index is 13.0. The van der Waals surface area contributed by atoms with E-state index in [1.165, 1.54) is 12.1 Å². The first kappa shape index (κ1) is 13.9. The van der Waals surface area contributed by atoms with Gasteiger partial charge in [0.05, 0.1) is 11.4 Å². The van der Waals surface area contributed by atoms with Gasteiger partial charge in [-0.15, -0.1) is 11.3 Å². The Bertz CT molecular complexity index is 747. The van der Waals surface area contributed by atoms with Gasteiger partial charge in [0.1, 0.15) is 16.5 Å². The minimum atomic E-state index is -0.250. The molecule has 2 nitrogen and oxygen atoms in total. The SMILES string of the molecule is CC(C)c1csc(-c2c[c]cc(-c3ccc(F)cc3)n2)n1. The monoisotopic (exact) mass is 297 g/mol. The van der Waals surface area contributed by atoms with E-state index in [9.17, 15) is 4.39 Å². The molecule has 1 aromatic carbocycles. The number of aromatic nitrogens is 2. The lowest BCUT2D eigenvalue weighted by atomic mass is 10.1. The quantitative estimate of drug-likeness (QED) is 0.684. The van der Waals surface area contributed by atoms with Crippen molar-refractivity contribution < 1.29 is 4.39 Å². The van der Waals surface area contributed by atoms with Crippen LogP contribution < -0.4 is 0 Å². The average Bonchev–Trinajstić information content (AvgIpc) is 2.98. The molecule has 0 unspecified atom stereocenters. The zero-order chi connectivity index (χ0) is 14.8. The van der Waals surface area contributed by atoms with E-state index < -0.39 is 0 Å². The Hall–Kier alpha value is -2.07. The van der Waals surface area contributed by atoms with Crippen LogP contribution in [0, 0.1) is 11.9 Å². The number of halogens is 1. The maximum atomic E-state index is 13.0. The molecule has 3 aromatic rings. The molecule has 2 heterocycles. The van der Waals surface area contributed by atoms with E-state index in [2.05, 4.69) is 35.3 Å². The predicted octanol–water partition coefficient (Wildman–Crippen LogP) is 4.93. The highest BCUT2D eigenvalue weighted by Gasteiger charge is 2.10. The van der Waals surface area contributed by atoms with Crippen molar-refractivity contribution in [3.05, 3.63) is 59.4 Å². The summed E-state index contributed by atoms with van der Waals surface area (Å²) in [4.78, 5) is 9.21. The second-order valence-electron chi connectivity index (χ2n) is 5.08. The molecule has 2 aromatic heterocycles. The first-order chi connectivity index (χ1) is 10.1. The first-order valence-corrected chi connectivity index (χ1v) is 7.61. The van der Waals surface area contributed by atoms with Gasteiger partial charge in [0.2, 0.25) is 0 Å². The molecular formula is C17H14FN2S. The number of benzene rings is 1. The molecule has 0 atom stereocenters. The highest BCUT2D eigenvalue weighted by molar-refractivity contribution is 7.13. The molecule has 0 fully saturated rings. The summed E-state index contributed by atoms with van der Waals surface area (Å²) in [5, 5.41) is 2.95. The molecule has 0 aliphatic heterocycles. The third-order valence-electron chi connectivity index (χ3n) is 3.15. The normalized spacial score (nSPS) is 11.0. The van der Waals surface area contributed by atoms with Gasteiger partial charge in [0.25, 0.3) is 0 Å². The van der Waals surface area contributed by atoms with Crippen molar-refractivity contribution in [1.82, 2.24) is 9.97 Å². The van der Waals surface area contributed by atoms with Crippen molar-refractivity contribution in [1.29, 1.82) is 0 Å².